The molecule has 2 nitrogen and oxygen atoms in total. The molecule has 1 aromatic carbocycles. The highest BCUT2D eigenvalue weighted by Gasteiger charge is 2.30. The number of rotatable bonds is 2. The molecule has 94 valence electrons. The van der Waals surface area contributed by atoms with Gasteiger partial charge in [0, 0.05) is 18.6 Å². The number of halogens is 2. The van der Waals surface area contributed by atoms with E-state index in [1.54, 1.807) is 0 Å². The van der Waals surface area contributed by atoms with Crippen LogP contribution in [-0.2, 0) is 11.3 Å². The van der Waals surface area contributed by atoms with Crippen molar-refractivity contribution in [3.05, 3.63) is 34.1 Å². The Kier molecular flexibility index (Phi) is 3.85. The largest absolute Gasteiger partial charge is 0.378 e. The molecule has 0 atom stereocenters. The third-order valence-corrected chi connectivity index (χ3v) is 3.78. The number of ether oxygens (including phenoxy) is 1. The lowest BCUT2D eigenvalue weighted by Gasteiger charge is -2.42. The van der Waals surface area contributed by atoms with Gasteiger partial charge in [-0.1, -0.05) is 6.07 Å². The molecule has 0 N–H and O–H groups in total. The molecular formula is C13H17BrFNO. The van der Waals surface area contributed by atoms with Gasteiger partial charge >= 0.3 is 0 Å². The van der Waals surface area contributed by atoms with Crippen molar-refractivity contribution < 1.29 is 9.13 Å². The molecule has 0 unspecified atom stereocenters. The lowest BCUT2D eigenvalue weighted by Crippen LogP contribution is -2.52. The molecule has 0 saturated carbocycles. The van der Waals surface area contributed by atoms with Crippen LogP contribution in [0.2, 0.25) is 0 Å². The smallest absolute Gasteiger partial charge is 0.137 e. The van der Waals surface area contributed by atoms with Gasteiger partial charge in [0.2, 0.25) is 0 Å². The first-order valence-electron chi connectivity index (χ1n) is 5.76. The molecule has 0 aromatic heterocycles. The molecule has 0 aliphatic carbocycles. The quantitative estimate of drug-likeness (QED) is 0.832. The van der Waals surface area contributed by atoms with E-state index in [1.807, 2.05) is 12.1 Å². The SMILES string of the molecule is CC1(C)COCCN1Cc1ccc(F)c(Br)c1. The lowest BCUT2D eigenvalue weighted by molar-refractivity contribution is -0.0552. The average Bonchev–Trinajstić information content (AvgIpc) is 2.26. The maximum atomic E-state index is 13.1. The lowest BCUT2D eigenvalue weighted by atomic mass is 10.0. The number of morpholine rings is 1. The van der Waals surface area contributed by atoms with E-state index < -0.39 is 0 Å². The fourth-order valence-electron chi connectivity index (χ4n) is 2.04. The predicted octanol–water partition coefficient (Wildman–Crippen LogP) is 3.20. The summed E-state index contributed by atoms with van der Waals surface area (Å²) in [6.45, 7) is 7.61. The molecule has 1 aromatic rings. The fourth-order valence-corrected chi connectivity index (χ4v) is 2.47. The highest BCUT2D eigenvalue weighted by molar-refractivity contribution is 9.10. The Labute approximate surface area is 110 Å². The van der Waals surface area contributed by atoms with Crippen LogP contribution in [0.5, 0.6) is 0 Å². The van der Waals surface area contributed by atoms with E-state index in [-0.39, 0.29) is 11.4 Å². The van der Waals surface area contributed by atoms with Crippen LogP contribution in [0.1, 0.15) is 19.4 Å². The topological polar surface area (TPSA) is 12.5 Å². The second-order valence-electron chi connectivity index (χ2n) is 5.04. The molecule has 2 rings (SSSR count). The Hall–Kier alpha value is -0.450. The van der Waals surface area contributed by atoms with E-state index in [4.69, 9.17) is 4.74 Å². The van der Waals surface area contributed by atoms with Crippen molar-refractivity contribution in [1.82, 2.24) is 4.90 Å². The van der Waals surface area contributed by atoms with E-state index in [9.17, 15) is 4.39 Å². The van der Waals surface area contributed by atoms with E-state index in [2.05, 4.69) is 34.7 Å². The average molecular weight is 302 g/mol. The van der Waals surface area contributed by atoms with Crippen LogP contribution in [0.25, 0.3) is 0 Å². The zero-order valence-electron chi connectivity index (χ0n) is 10.2. The monoisotopic (exact) mass is 301 g/mol. The van der Waals surface area contributed by atoms with Gasteiger partial charge in [0.05, 0.1) is 17.7 Å². The van der Waals surface area contributed by atoms with Gasteiger partial charge in [-0.15, -0.1) is 0 Å². The Balaban J connectivity index is 2.11. The van der Waals surface area contributed by atoms with Crippen LogP contribution in [-0.4, -0.2) is 30.2 Å². The van der Waals surface area contributed by atoms with Crippen molar-refractivity contribution in [2.45, 2.75) is 25.9 Å². The highest BCUT2D eigenvalue weighted by atomic mass is 79.9. The summed E-state index contributed by atoms with van der Waals surface area (Å²) in [5.41, 5.74) is 1.16. The summed E-state index contributed by atoms with van der Waals surface area (Å²) in [5.74, 6) is -0.213. The molecule has 1 saturated heterocycles. The number of nitrogens with zero attached hydrogens (tertiary/aromatic N) is 1. The normalized spacial score (nSPS) is 20.5. The minimum absolute atomic E-state index is 0.0408. The Morgan fingerprint density at radius 3 is 2.88 bits per heavy atom. The third kappa shape index (κ3) is 3.06. The first-order chi connectivity index (χ1) is 7.99. The van der Waals surface area contributed by atoms with Crippen LogP contribution in [0.15, 0.2) is 22.7 Å². The van der Waals surface area contributed by atoms with Crippen molar-refractivity contribution in [2.75, 3.05) is 19.8 Å². The molecule has 0 radical (unpaired) electrons. The predicted molar refractivity (Wildman–Crippen MR) is 69.4 cm³/mol. The van der Waals surface area contributed by atoms with Gasteiger partial charge in [-0.25, -0.2) is 4.39 Å². The minimum Gasteiger partial charge on any atom is -0.378 e. The summed E-state index contributed by atoms with van der Waals surface area (Å²) in [7, 11) is 0. The first kappa shape index (κ1) is 13.0. The fraction of sp³-hybridized carbons (Fsp3) is 0.538. The second kappa shape index (κ2) is 5.04. The molecular weight excluding hydrogens is 285 g/mol. The van der Waals surface area contributed by atoms with E-state index in [1.165, 1.54) is 6.07 Å². The molecule has 1 heterocycles. The molecule has 0 spiro atoms. The Bertz CT molecular complexity index is 408. The summed E-state index contributed by atoms with van der Waals surface area (Å²) in [4.78, 5) is 2.37. The molecule has 17 heavy (non-hydrogen) atoms. The van der Waals surface area contributed by atoms with Crippen LogP contribution in [0.3, 0.4) is 0 Å². The highest BCUT2D eigenvalue weighted by Crippen LogP contribution is 2.23. The molecule has 1 aliphatic heterocycles. The van der Waals surface area contributed by atoms with Gasteiger partial charge in [-0.2, -0.15) is 0 Å². The Morgan fingerprint density at radius 2 is 2.24 bits per heavy atom. The van der Waals surface area contributed by atoms with E-state index in [0.717, 1.165) is 31.9 Å². The van der Waals surface area contributed by atoms with Crippen molar-refractivity contribution in [3.8, 4) is 0 Å². The van der Waals surface area contributed by atoms with Crippen LogP contribution < -0.4 is 0 Å². The van der Waals surface area contributed by atoms with Gasteiger partial charge in [0.1, 0.15) is 5.82 Å². The molecule has 0 amide bonds. The molecule has 1 fully saturated rings. The molecule has 1 aliphatic rings. The van der Waals surface area contributed by atoms with Gasteiger partial charge in [0.15, 0.2) is 0 Å². The van der Waals surface area contributed by atoms with E-state index in [0.29, 0.717) is 4.47 Å². The van der Waals surface area contributed by atoms with Crippen molar-refractivity contribution in [3.63, 3.8) is 0 Å². The van der Waals surface area contributed by atoms with Gasteiger partial charge in [0.25, 0.3) is 0 Å². The minimum atomic E-state index is -0.213. The summed E-state index contributed by atoms with van der Waals surface area (Å²) >= 11 is 3.22. The van der Waals surface area contributed by atoms with Crippen molar-refractivity contribution >= 4 is 15.9 Å². The standard InChI is InChI=1S/C13H17BrFNO/c1-13(2)9-17-6-5-16(13)8-10-3-4-12(15)11(14)7-10/h3-4,7H,5-6,8-9H2,1-2H3. The molecule has 0 bridgehead atoms. The maximum absolute atomic E-state index is 13.1. The van der Waals surface area contributed by atoms with Crippen LogP contribution in [0.4, 0.5) is 4.39 Å². The molecule has 4 heteroatoms. The Morgan fingerprint density at radius 1 is 1.47 bits per heavy atom. The van der Waals surface area contributed by atoms with Crippen molar-refractivity contribution in [2.24, 2.45) is 0 Å². The number of benzene rings is 1. The van der Waals surface area contributed by atoms with Crippen LogP contribution >= 0.6 is 15.9 Å². The first-order valence-corrected chi connectivity index (χ1v) is 6.55. The zero-order valence-corrected chi connectivity index (χ0v) is 11.8. The van der Waals surface area contributed by atoms with E-state index >= 15 is 0 Å². The summed E-state index contributed by atoms with van der Waals surface area (Å²) in [6.07, 6.45) is 0. The van der Waals surface area contributed by atoms with Crippen LogP contribution in [0, 0.1) is 5.82 Å². The van der Waals surface area contributed by atoms with Gasteiger partial charge < -0.3 is 4.74 Å². The summed E-state index contributed by atoms with van der Waals surface area (Å²) in [6, 6.07) is 5.19. The van der Waals surface area contributed by atoms with Gasteiger partial charge in [-0.3, -0.25) is 4.90 Å². The summed E-state index contributed by atoms with van der Waals surface area (Å²) < 4.78 is 19.2. The number of hydrogen-bond donors (Lipinski definition) is 0. The number of hydrogen-bond acceptors (Lipinski definition) is 2. The zero-order chi connectivity index (χ0) is 12.5. The third-order valence-electron chi connectivity index (χ3n) is 3.17. The van der Waals surface area contributed by atoms with Crippen molar-refractivity contribution in [1.29, 1.82) is 0 Å². The van der Waals surface area contributed by atoms with Gasteiger partial charge in [-0.05, 0) is 47.5 Å². The second-order valence-corrected chi connectivity index (χ2v) is 5.89. The maximum Gasteiger partial charge on any atom is 0.137 e. The summed E-state index contributed by atoms with van der Waals surface area (Å²) in [5, 5.41) is 0.